The molecule has 0 unspecified atom stereocenters. The molecule has 2 N–H and O–H groups in total. The van der Waals surface area contributed by atoms with Crippen molar-refractivity contribution in [2.75, 3.05) is 0 Å². The average Bonchev–Trinajstić information content (AvgIpc) is 2.33. The second-order valence-electron chi connectivity index (χ2n) is 3.38. The maximum absolute atomic E-state index is 13.5. The fourth-order valence-electron chi connectivity index (χ4n) is 1.30. The summed E-state index contributed by atoms with van der Waals surface area (Å²) in [6.07, 6.45) is 1.58. The molecule has 0 fully saturated rings. The topological polar surface area (TPSA) is 48.1 Å². The number of nitrogens with two attached hydrogens (primary N) is 1. The van der Waals surface area contributed by atoms with Gasteiger partial charge in [-0.3, -0.25) is 0 Å². The molecule has 88 valence electrons. The number of ether oxygens (including phenoxy) is 1. The Hall–Kier alpha value is -1.46. The summed E-state index contributed by atoms with van der Waals surface area (Å²) >= 11 is 3.18. The number of hydrogen-bond donors (Lipinski definition) is 1. The van der Waals surface area contributed by atoms with E-state index in [4.69, 9.17) is 10.5 Å². The van der Waals surface area contributed by atoms with Crippen LogP contribution in [0.15, 0.2) is 41.0 Å². The highest BCUT2D eigenvalue weighted by molar-refractivity contribution is 9.10. The van der Waals surface area contributed by atoms with Gasteiger partial charge in [-0.1, -0.05) is 15.9 Å². The molecule has 0 radical (unpaired) electrons. The lowest BCUT2D eigenvalue weighted by molar-refractivity contribution is 0.426. The first kappa shape index (κ1) is 12.0. The molecular weight excluding hydrogens is 287 g/mol. The second kappa shape index (κ2) is 5.25. The van der Waals surface area contributed by atoms with Gasteiger partial charge >= 0.3 is 0 Å². The van der Waals surface area contributed by atoms with Crippen molar-refractivity contribution in [3.8, 4) is 11.6 Å². The predicted octanol–water partition coefficient (Wildman–Crippen LogP) is 3.23. The lowest BCUT2D eigenvalue weighted by Gasteiger charge is -2.06. The number of rotatable bonds is 3. The van der Waals surface area contributed by atoms with Crippen LogP contribution in [-0.4, -0.2) is 4.98 Å². The smallest absolute Gasteiger partial charge is 0.219 e. The average molecular weight is 297 g/mol. The van der Waals surface area contributed by atoms with Crippen molar-refractivity contribution < 1.29 is 9.13 Å². The third-order valence-corrected chi connectivity index (χ3v) is 2.64. The largest absolute Gasteiger partial charge is 0.436 e. The van der Waals surface area contributed by atoms with Gasteiger partial charge in [0.1, 0.15) is 0 Å². The highest BCUT2D eigenvalue weighted by Crippen LogP contribution is 2.25. The second-order valence-corrected chi connectivity index (χ2v) is 4.30. The maximum atomic E-state index is 13.5. The number of halogens is 2. The van der Waals surface area contributed by atoms with E-state index < -0.39 is 5.82 Å². The molecule has 17 heavy (non-hydrogen) atoms. The Labute approximate surface area is 107 Å². The van der Waals surface area contributed by atoms with E-state index in [-0.39, 0.29) is 5.75 Å². The zero-order valence-electron chi connectivity index (χ0n) is 8.86. The predicted molar refractivity (Wildman–Crippen MR) is 66.3 cm³/mol. The summed E-state index contributed by atoms with van der Waals surface area (Å²) in [5.41, 5.74) is 6.38. The van der Waals surface area contributed by atoms with Crippen LogP contribution in [0.2, 0.25) is 0 Å². The van der Waals surface area contributed by atoms with E-state index in [1.165, 1.54) is 12.1 Å². The summed E-state index contributed by atoms with van der Waals surface area (Å²) in [5.74, 6) is 0.0170. The zero-order chi connectivity index (χ0) is 12.3. The van der Waals surface area contributed by atoms with Crippen molar-refractivity contribution in [1.29, 1.82) is 0 Å². The molecule has 1 aromatic heterocycles. The molecule has 0 amide bonds. The van der Waals surface area contributed by atoms with Gasteiger partial charge in [-0.2, -0.15) is 0 Å². The molecule has 5 heteroatoms. The molecule has 1 aromatic carbocycles. The Morgan fingerprint density at radius 2 is 2.12 bits per heavy atom. The zero-order valence-corrected chi connectivity index (χ0v) is 10.4. The molecule has 0 spiro atoms. The molecule has 2 rings (SSSR count). The van der Waals surface area contributed by atoms with Gasteiger partial charge in [0, 0.05) is 23.3 Å². The van der Waals surface area contributed by atoms with Gasteiger partial charge in [0.2, 0.25) is 5.88 Å². The van der Waals surface area contributed by atoms with Gasteiger partial charge in [0.25, 0.3) is 0 Å². The highest BCUT2D eigenvalue weighted by atomic mass is 79.9. The van der Waals surface area contributed by atoms with Gasteiger partial charge in [0.15, 0.2) is 11.6 Å². The number of aromatic nitrogens is 1. The molecule has 3 nitrogen and oxygen atoms in total. The van der Waals surface area contributed by atoms with Crippen LogP contribution in [0, 0.1) is 5.82 Å². The van der Waals surface area contributed by atoms with E-state index in [0.29, 0.717) is 16.9 Å². The summed E-state index contributed by atoms with van der Waals surface area (Å²) in [7, 11) is 0. The van der Waals surface area contributed by atoms with E-state index in [9.17, 15) is 4.39 Å². The minimum atomic E-state index is -0.445. The van der Waals surface area contributed by atoms with Crippen molar-refractivity contribution in [3.05, 3.63) is 52.4 Å². The lowest BCUT2D eigenvalue weighted by atomic mass is 10.3. The van der Waals surface area contributed by atoms with Crippen molar-refractivity contribution >= 4 is 15.9 Å². The standard InChI is InChI=1S/C12H10BrFN2O/c13-9-1-2-11(10(14)6-9)17-12-5-8(7-15)3-4-16-12/h1-6H,7,15H2. The third kappa shape index (κ3) is 3.01. The SMILES string of the molecule is NCc1ccnc(Oc2ccc(Br)cc2F)c1. The van der Waals surface area contributed by atoms with E-state index in [1.807, 2.05) is 0 Å². The van der Waals surface area contributed by atoms with Gasteiger partial charge in [-0.25, -0.2) is 9.37 Å². The first-order valence-electron chi connectivity index (χ1n) is 4.97. The van der Waals surface area contributed by atoms with Crippen LogP contribution in [0.5, 0.6) is 11.6 Å². The Bertz CT molecular complexity index is 534. The van der Waals surface area contributed by atoms with Crippen LogP contribution in [-0.2, 0) is 6.54 Å². The van der Waals surface area contributed by atoms with Crippen molar-refractivity contribution in [2.24, 2.45) is 5.73 Å². The minimum Gasteiger partial charge on any atom is -0.436 e. The molecule has 0 aliphatic carbocycles. The quantitative estimate of drug-likeness (QED) is 0.946. The number of hydrogen-bond acceptors (Lipinski definition) is 3. The van der Waals surface area contributed by atoms with E-state index >= 15 is 0 Å². The molecule has 0 saturated heterocycles. The van der Waals surface area contributed by atoms with Crippen molar-refractivity contribution in [3.63, 3.8) is 0 Å². The molecule has 0 saturated carbocycles. The first-order valence-corrected chi connectivity index (χ1v) is 5.76. The molecule has 1 heterocycles. The fourth-order valence-corrected chi connectivity index (χ4v) is 1.64. The van der Waals surface area contributed by atoms with Crippen LogP contribution in [0.3, 0.4) is 0 Å². The van der Waals surface area contributed by atoms with E-state index in [1.54, 1.807) is 24.4 Å². The molecule has 0 aliphatic rings. The van der Waals surface area contributed by atoms with Gasteiger partial charge < -0.3 is 10.5 Å². The monoisotopic (exact) mass is 296 g/mol. The van der Waals surface area contributed by atoms with Crippen LogP contribution < -0.4 is 10.5 Å². The van der Waals surface area contributed by atoms with Gasteiger partial charge in [-0.05, 0) is 29.8 Å². The van der Waals surface area contributed by atoms with Crippen LogP contribution >= 0.6 is 15.9 Å². The molecular formula is C12H10BrFN2O. The number of pyridine rings is 1. The Kier molecular flexibility index (Phi) is 3.71. The summed E-state index contributed by atoms with van der Waals surface area (Å²) in [6.45, 7) is 0.391. The lowest BCUT2D eigenvalue weighted by Crippen LogP contribution is -1.98. The molecule has 0 atom stereocenters. The van der Waals surface area contributed by atoms with E-state index in [0.717, 1.165) is 5.56 Å². The van der Waals surface area contributed by atoms with Crippen molar-refractivity contribution in [1.82, 2.24) is 4.98 Å². The Morgan fingerprint density at radius 3 is 2.82 bits per heavy atom. The normalized spacial score (nSPS) is 10.3. The summed E-state index contributed by atoms with van der Waals surface area (Å²) in [6, 6.07) is 8.04. The van der Waals surface area contributed by atoms with Crippen LogP contribution in [0.25, 0.3) is 0 Å². The molecule has 0 aliphatic heterocycles. The Balaban J connectivity index is 2.25. The molecule has 0 bridgehead atoms. The third-order valence-electron chi connectivity index (χ3n) is 2.14. The summed E-state index contributed by atoms with van der Waals surface area (Å²) < 4.78 is 19.5. The minimum absolute atomic E-state index is 0.134. The highest BCUT2D eigenvalue weighted by Gasteiger charge is 2.06. The summed E-state index contributed by atoms with van der Waals surface area (Å²) in [4.78, 5) is 3.99. The number of nitrogens with zero attached hydrogens (tertiary/aromatic N) is 1. The molecule has 2 aromatic rings. The Morgan fingerprint density at radius 1 is 1.29 bits per heavy atom. The fraction of sp³-hybridized carbons (Fsp3) is 0.0833. The van der Waals surface area contributed by atoms with E-state index in [2.05, 4.69) is 20.9 Å². The number of benzene rings is 1. The van der Waals surface area contributed by atoms with Gasteiger partial charge in [0.05, 0.1) is 0 Å². The summed E-state index contributed by atoms with van der Waals surface area (Å²) in [5, 5.41) is 0. The van der Waals surface area contributed by atoms with Crippen LogP contribution in [0.1, 0.15) is 5.56 Å². The van der Waals surface area contributed by atoms with Crippen molar-refractivity contribution in [2.45, 2.75) is 6.54 Å². The maximum Gasteiger partial charge on any atom is 0.219 e. The van der Waals surface area contributed by atoms with Gasteiger partial charge in [-0.15, -0.1) is 0 Å². The first-order chi connectivity index (χ1) is 8.19. The van der Waals surface area contributed by atoms with Crippen LogP contribution in [0.4, 0.5) is 4.39 Å².